The first-order valence-electron chi connectivity index (χ1n) is 9.17. The lowest BCUT2D eigenvalue weighted by atomic mass is 10.0. The lowest BCUT2D eigenvalue weighted by Crippen LogP contribution is -2.05. The summed E-state index contributed by atoms with van der Waals surface area (Å²) in [5.74, 6) is 0.751. The minimum absolute atomic E-state index is 0.00335. The fraction of sp³-hybridized carbons (Fsp3) is 0.0870. The molecule has 0 spiro atoms. The van der Waals surface area contributed by atoms with Gasteiger partial charge in [-0.2, -0.15) is 0 Å². The van der Waals surface area contributed by atoms with E-state index >= 15 is 0 Å². The molecule has 1 N–H and O–H groups in total. The topological polar surface area (TPSA) is 108 Å². The third-order valence-electron chi connectivity index (χ3n) is 4.35. The van der Waals surface area contributed by atoms with Crippen LogP contribution in [-0.2, 0) is 9.53 Å². The standard InChI is InChI=1S/C23H19NO7/c1-15(29-2)22(23(25)26)20-8-3-4-9-21(20)31-19-7-5-6-18(14-19)30-17-12-10-16(11-13-17)24(27)28/h3-14H,1-2H3,(H,25,26)/b22-15+. The highest BCUT2D eigenvalue weighted by atomic mass is 16.6. The average molecular weight is 421 g/mol. The van der Waals surface area contributed by atoms with E-state index in [0.717, 1.165) is 0 Å². The van der Waals surface area contributed by atoms with Crippen molar-refractivity contribution in [1.29, 1.82) is 0 Å². The van der Waals surface area contributed by atoms with Gasteiger partial charge >= 0.3 is 5.97 Å². The van der Waals surface area contributed by atoms with Crippen molar-refractivity contribution in [2.24, 2.45) is 0 Å². The molecule has 0 saturated heterocycles. The van der Waals surface area contributed by atoms with Crippen LogP contribution in [0.15, 0.2) is 78.6 Å². The number of rotatable bonds is 8. The van der Waals surface area contributed by atoms with E-state index in [1.165, 1.54) is 31.4 Å². The summed E-state index contributed by atoms with van der Waals surface area (Å²) in [6, 6.07) is 19.2. The van der Waals surface area contributed by atoms with Crippen LogP contribution in [0, 0.1) is 10.1 Å². The fourth-order valence-corrected chi connectivity index (χ4v) is 2.82. The van der Waals surface area contributed by atoms with E-state index < -0.39 is 10.9 Å². The summed E-state index contributed by atoms with van der Waals surface area (Å²) in [5.41, 5.74) is 0.335. The highest BCUT2D eigenvalue weighted by Crippen LogP contribution is 2.34. The van der Waals surface area contributed by atoms with Gasteiger partial charge < -0.3 is 19.3 Å². The Labute approximate surface area is 178 Å². The molecule has 0 unspecified atom stereocenters. The molecule has 0 aliphatic heterocycles. The van der Waals surface area contributed by atoms with E-state index in [4.69, 9.17) is 14.2 Å². The largest absolute Gasteiger partial charge is 0.500 e. The Kier molecular flexibility index (Phi) is 6.51. The number of hydrogen-bond donors (Lipinski definition) is 1. The number of hydrogen-bond acceptors (Lipinski definition) is 6. The molecule has 0 saturated carbocycles. The summed E-state index contributed by atoms with van der Waals surface area (Å²) in [7, 11) is 1.40. The number of carboxylic acid groups (broad SMARTS) is 1. The number of nitro groups is 1. The van der Waals surface area contributed by atoms with Gasteiger partial charge in [-0.1, -0.05) is 24.3 Å². The van der Waals surface area contributed by atoms with Crippen molar-refractivity contribution in [2.75, 3.05) is 7.11 Å². The number of nitrogens with zero attached hydrogens (tertiary/aromatic N) is 1. The molecule has 8 nitrogen and oxygen atoms in total. The summed E-state index contributed by atoms with van der Waals surface area (Å²) < 4.78 is 16.8. The minimum atomic E-state index is -1.13. The van der Waals surface area contributed by atoms with E-state index in [0.29, 0.717) is 28.6 Å². The Morgan fingerprint density at radius 1 is 0.903 bits per heavy atom. The van der Waals surface area contributed by atoms with E-state index in [1.54, 1.807) is 55.5 Å². The fourth-order valence-electron chi connectivity index (χ4n) is 2.82. The summed E-state index contributed by atoms with van der Waals surface area (Å²) >= 11 is 0. The molecular formula is C23H19NO7. The second kappa shape index (κ2) is 9.45. The maximum Gasteiger partial charge on any atom is 0.339 e. The lowest BCUT2D eigenvalue weighted by Gasteiger charge is -2.14. The van der Waals surface area contributed by atoms with Crippen molar-refractivity contribution < 1.29 is 29.0 Å². The Balaban J connectivity index is 1.87. The van der Waals surface area contributed by atoms with Crippen LogP contribution in [0.1, 0.15) is 12.5 Å². The smallest absolute Gasteiger partial charge is 0.339 e. The van der Waals surface area contributed by atoms with Crippen molar-refractivity contribution >= 4 is 17.2 Å². The van der Waals surface area contributed by atoms with Crippen molar-refractivity contribution in [3.63, 3.8) is 0 Å². The molecule has 8 heteroatoms. The maximum atomic E-state index is 11.8. The van der Waals surface area contributed by atoms with E-state index in [1.807, 2.05) is 0 Å². The zero-order valence-corrected chi connectivity index (χ0v) is 16.8. The molecule has 0 atom stereocenters. The second-order valence-corrected chi connectivity index (χ2v) is 6.37. The number of carboxylic acids is 1. The van der Waals surface area contributed by atoms with Crippen LogP contribution in [-0.4, -0.2) is 23.1 Å². The Hall–Kier alpha value is -4.33. The monoisotopic (exact) mass is 421 g/mol. The molecule has 158 valence electrons. The zero-order valence-electron chi connectivity index (χ0n) is 16.8. The molecule has 31 heavy (non-hydrogen) atoms. The number of methoxy groups -OCH3 is 1. The molecule has 3 aromatic rings. The maximum absolute atomic E-state index is 11.8. The molecule has 3 rings (SSSR count). The molecule has 0 aliphatic rings. The molecule has 3 aromatic carbocycles. The van der Waals surface area contributed by atoms with Gasteiger partial charge in [-0.15, -0.1) is 0 Å². The Morgan fingerprint density at radius 3 is 2.16 bits per heavy atom. The summed E-state index contributed by atoms with van der Waals surface area (Å²) in [5, 5.41) is 20.4. The first-order valence-corrected chi connectivity index (χ1v) is 9.17. The van der Waals surface area contributed by atoms with Crippen LogP contribution in [0.3, 0.4) is 0 Å². The van der Waals surface area contributed by atoms with Gasteiger partial charge in [-0.25, -0.2) is 4.79 Å². The van der Waals surface area contributed by atoms with Crippen molar-refractivity contribution in [3.05, 3.63) is 94.2 Å². The lowest BCUT2D eigenvalue weighted by molar-refractivity contribution is -0.384. The Morgan fingerprint density at radius 2 is 1.55 bits per heavy atom. The zero-order chi connectivity index (χ0) is 22.4. The first kappa shape index (κ1) is 21.4. The summed E-state index contributed by atoms with van der Waals surface area (Å²) in [6.07, 6.45) is 0. The molecule has 0 fully saturated rings. The highest BCUT2D eigenvalue weighted by Gasteiger charge is 2.19. The third kappa shape index (κ3) is 5.18. The average Bonchev–Trinajstić information content (AvgIpc) is 2.75. The van der Waals surface area contributed by atoms with E-state index in [2.05, 4.69) is 0 Å². The van der Waals surface area contributed by atoms with Gasteiger partial charge in [-0.3, -0.25) is 10.1 Å². The van der Waals surface area contributed by atoms with Crippen molar-refractivity contribution in [1.82, 2.24) is 0 Å². The van der Waals surface area contributed by atoms with Crippen LogP contribution in [0.25, 0.3) is 5.57 Å². The molecule has 0 aromatic heterocycles. The number of nitro benzene ring substituents is 1. The van der Waals surface area contributed by atoms with Crippen LogP contribution in [0.2, 0.25) is 0 Å². The van der Waals surface area contributed by atoms with Crippen LogP contribution < -0.4 is 9.47 Å². The molecular weight excluding hydrogens is 402 g/mol. The van der Waals surface area contributed by atoms with Gasteiger partial charge in [0.15, 0.2) is 0 Å². The number of para-hydroxylation sites is 1. The van der Waals surface area contributed by atoms with Gasteiger partial charge in [0.05, 0.1) is 12.0 Å². The van der Waals surface area contributed by atoms with Gasteiger partial charge in [0.25, 0.3) is 5.69 Å². The number of benzene rings is 3. The van der Waals surface area contributed by atoms with Gasteiger partial charge in [0.1, 0.15) is 34.3 Å². The van der Waals surface area contributed by atoms with Gasteiger partial charge in [0, 0.05) is 23.8 Å². The second-order valence-electron chi connectivity index (χ2n) is 6.37. The number of non-ortho nitro benzene ring substituents is 1. The number of aliphatic carboxylic acids is 1. The number of carbonyl (C=O) groups is 1. The normalized spacial score (nSPS) is 11.3. The molecule has 0 bridgehead atoms. The highest BCUT2D eigenvalue weighted by molar-refractivity contribution is 6.16. The van der Waals surface area contributed by atoms with Crippen LogP contribution >= 0.6 is 0 Å². The summed E-state index contributed by atoms with van der Waals surface area (Å²) in [6.45, 7) is 1.57. The van der Waals surface area contributed by atoms with E-state index in [-0.39, 0.29) is 17.0 Å². The molecule has 0 aliphatic carbocycles. The first-order chi connectivity index (χ1) is 14.9. The Bertz CT molecular complexity index is 1140. The van der Waals surface area contributed by atoms with Crippen LogP contribution in [0.5, 0.6) is 23.0 Å². The minimum Gasteiger partial charge on any atom is -0.500 e. The SMILES string of the molecule is CO/C(C)=C(/C(=O)O)c1ccccc1Oc1cccc(Oc2ccc([N+](=O)[O-])cc2)c1. The molecule has 0 heterocycles. The number of ether oxygens (including phenoxy) is 3. The van der Waals surface area contributed by atoms with E-state index in [9.17, 15) is 20.0 Å². The predicted molar refractivity (Wildman–Crippen MR) is 113 cm³/mol. The third-order valence-corrected chi connectivity index (χ3v) is 4.35. The number of allylic oxidation sites excluding steroid dienone is 1. The van der Waals surface area contributed by atoms with Gasteiger partial charge in [0.2, 0.25) is 0 Å². The summed E-state index contributed by atoms with van der Waals surface area (Å²) in [4.78, 5) is 22.1. The van der Waals surface area contributed by atoms with Crippen molar-refractivity contribution in [3.8, 4) is 23.0 Å². The van der Waals surface area contributed by atoms with Gasteiger partial charge in [-0.05, 0) is 37.3 Å². The predicted octanol–water partition coefficient (Wildman–Crippen LogP) is 5.64. The van der Waals surface area contributed by atoms with Crippen molar-refractivity contribution in [2.45, 2.75) is 6.92 Å². The molecule has 0 amide bonds. The molecule has 0 radical (unpaired) electrons. The quantitative estimate of drug-likeness (QED) is 0.217. The van der Waals surface area contributed by atoms with Crippen LogP contribution in [0.4, 0.5) is 5.69 Å².